The summed E-state index contributed by atoms with van der Waals surface area (Å²) in [5.41, 5.74) is 0.860. The number of ether oxygens (including phenoxy) is 1. The van der Waals surface area contributed by atoms with Gasteiger partial charge in [-0.2, -0.15) is 0 Å². The van der Waals surface area contributed by atoms with Gasteiger partial charge in [0.25, 0.3) is 0 Å². The van der Waals surface area contributed by atoms with Gasteiger partial charge in [0.15, 0.2) is 0 Å². The number of aliphatic imine (C=N–C) groups is 1. The Morgan fingerprint density at radius 1 is 1.62 bits per heavy atom. The van der Waals surface area contributed by atoms with Crippen LogP contribution in [-0.2, 0) is 4.74 Å². The van der Waals surface area contributed by atoms with E-state index in [0.717, 1.165) is 17.0 Å². The lowest BCUT2D eigenvalue weighted by molar-refractivity contribution is 0.315. The van der Waals surface area contributed by atoms with Crippen LogP contribution in [0, 0.1) is 0 Å². The van der Waals surface area contributed by atoms with E-state index in [1.807, 2.05) is 12.3 Å². The fraction of sp³-hybridized carbons (Fsp3) is 0.455. The van der Waals surface area contributed by atoms with E-state index in [4.69, 9.17) is 16.3 Å². The smallest absolute Gasteiger partial charge is 0.218 e. The normalized spacial score (nSPS) is 19.4. The highest BCUT2D eigenvalue weighted by Gasteiger charge is 2.19. The number of hydrogen-bond donors (Lipinski definition) is 0. The SMILES string of the molecule is CCC1COC(c2cnc(SC)c(Cl)c2)=N1. The average Bonchev–Trinajstić information content (AvgIpc) is 2.77. The summed E-state index contributed by atoms with van der Waals surface area (Å²) in [6, 6.07) is 2.13. The molecular formula is C11H13ClN2OS. The Morgan fingerprint density at radius 3 is 3.00 bits per heavy atom. The van der Waals surface area contributed by atoms with Gasteiger partial charge in [0.05, 0.1) is 16.6 Å². The number of halogens is 1. The molecule has 0 aromatic carbocycles. The van der Waals surface area contributed by atoms with Crippen LogP contribution in [0.5, 0.6) is 0 Å². The third-order valence-corrected chi connectivity index (χ3v) is 3.54. The molecule has 0 fully saturated rings. The summed E-state index contributed by atoms with van der Waals surface area (Å²) in [6.45, 7) is 2.76. The summed E-state index contributed by atoms with van der Waals surface area (Å²) in [5.74, 6) is 0.661. The van der Waals surface area contributed by atoms with Gasteiger partial charge >= 0.3 is 0 Å². The summed E-state index contributed by atoms with van der Waals surface area (Å²) in [7, 11) is 0. The molecule has 0 aliphatic carbocycles. The number of hydrogen-bond acceptors (Lipinski definition) is 4. The van der Waals surface area contributed by atoms with Crippen molar-refractivity contribution in [2.45, 2.75) is 24.4 Å². The lowest BCUT2D eigenvalue weighted by Gasteiger charge is -2.03. The molecule has 1 aliphatic rings. The van der Waals surface area contributed by atoms with Crippen LogP contribution < -0.4 is 0 Å². The van der Waals surface area contributed by atoms with Gasteiger partial charge in [-0.05, 0) is 18.7 Å². The highest BCUT2D eigenvalue weighted by molar-refractivity contribution is 7.98. The maximum atomic E-state index is 6.08. The topological polar surface area (TPSA) is 34.5 Å². The molecule has 0 spiro atoms. The molecule has 1 unspecified atom stereocenters. The molecule has 0 saturated heterocycles. The van der Waals surface area contributed by atoms with Crippen LogP contribution in [0.1, 0.15) is 18.9 Å². The van der Waals surface area contributed by atoms with E-state index in [1.165, 1.54) is 11.8 Å². The maximum Gasteiger partial charge on any atom is 0.218 e. The van der Waals surface area contributed by atoms with E-state index in [2.05, 4.69) is 16.9 Å². The zero-order chi connectivity index (χ0) is 11.5. The first-order valence-electron chi connectivity index (χ1n) is 5.15. The van der Waals surface area contributed by atoms with Gasteiger partial charge in [-0.1, -0.05) is 18.5 Å². The third kappa shape index (κ3) is 2.33. The quantitative estimate of drug-likeness (QED) is 0.780. The molecular weight excluding hydrogens is 244 g/mol. The predicted octanol–water partition coefficient (Wildman–Crippen LogP) is 3.01. The fourth-order valence-corrected chi connectivity index (χ4v) is 2.28. The van der Waals surface area contributed by atoms with Crippen molar-refractivity contribution in [2.75, 3.05) is 12.9 Å². The van der Waals surface area contributed by atoms with Crippen LogP contribution in [0.2, 0.25) is 5.02 Å². The molecule has 0 N–H and O–H groups in total. The van der Waals surface area contributed by atoms with Gasteiger partial charge in [0.2, 0.25) is 5.90 Å². The van der Waals surface area contributed by atoms with Crippen molar-refractivity contribution in [3.8, 4) is 0 Å². The lowest BCUT2D eigenvalue weighted by Crippen LogP contribution is -2.04. The predicted molar refractivity (Wildman–Crippen MR) is 67.6 cm³/mol. The van der Waals surface area contributed by atoms with E-state index in [-0.39, 0.29) is 6.04 Å². The molecule has 5 heteroatoms. The van der Waals surface area contributed by atoms with Crippen molar-refractivity contribution in [3.05, 3.63) is 22.8 Å². The van der Waals surface area contributed by atoms with Crippen LogP contribution in [0.25, 0.3) is 0 Å². The zero-order valence-corrected chi connectivity index (χ0v) is 10.8. The van der Waals surface area contributed by atoms with Gasteiger partial charge in [-0.25, -0.2) is 9.98 Å². The zero-order valence-electron chi connectivity index (χ0n) is 9.24. The molecule has 1 aromatic rings. The maximum absolute atomic E-state index is 6.08. The van der Waals surface area contributed by atoms with Crippen LogP contribution >= 0.6 is 23.4 Å². The highest BCUT2D eigenvalue weighted by Crippen LogP contribution is 2.24. The Hall–Kier alpha value is -0.740. The fourth-order valence-electron chi connectivity index (χ4n) is 1.48. The number of nitrogens with zero attached hydrogens (tertiary/aromatic N) is 2. The molecule has 0 bridgehead atoms. The molecule has 0 saturated carbocycles. The first kappa shape index (κ1) is 11.7. The first-order chi connectivity index (χ1) is 7.74. The molecule has 2 heterocycles. The summed E-state index contributed by atoms with van der Waals surface area (Å²) in [4.78, 5) is 8.72. The molecule has 1 atom stereocenters. The summed E-state index contributed by atoms with van der Waals surface area (Å²) in [6.07, 6.45) is 4.70. The average molecular weight is 257 g/mol. The van der Waals surface area contributed by atoms with Crippen molar-refractivity contribution in [3.63, 3.8) is 0 Å². The van der Waals surface area contributed by atoms with E-state index in [0.29, 0.717) is 17.5 Å². The summed E-state index contributed by atoms with van der Waals surface area (Å²) in [5, 5.41) is 1.48. The number of aromatic nitrogens is 1. The van der Waals surface area contributed by atoms with Gasteiger partial charge in [0, 0.05) is 6.20 Å². The van der Waals surface area contributed by atoms with Crippen molar-refractivity contribution in [1.29, 1.82) is 0 Å². The molecule has 1 aliphatic heterocycles. The Labute approximate surface area is 104 Å². The molecule has 2 rings (SSSR count). The Morgan fingerprint density at radius 2 is 2.44 bits per heavy atom. The van der Waals surface area contributed by atoms with Gasteiger partial charge in [-0.3, -0.25) is 0 Å². The number of pyridine rings is 1. The Balaban J connectivity index is 2.25. The second kappa shape index (κ2) is 5.06. The minimum absolute atomic E-state index is 0.272. The van der Waals surface area contributed by atoms with Crippen LogP contribution in [0.3, 0.4) is 0 Å². The standard InChI is InChI=1S/C11H13ClN2OS/c1-3-8-6-15-10(14-8)7-4-9(12)11(16-2)13-5-7/h4-5,8H,3,6H2,1-2H3. The van der Waals surface area contributed by atoms with Crippen molar-refractivity contribution >= 4 is 29.3 Å². The van der Waals surface area contributed by atoms with Crippen LogP contribution in [0.15, 0.2) is 22.3 Å². The van der Waals surface area contributed by atoms with E-state index in [9.17, 15) is 0 Å². The van der Waals surface area contributed by atoms with Crippen molar-refractivity contribution in [1.82, 2.24) is 4.98 Å². The van der Waals surface area contributed by atoms with Crippen molar-refractivity contribution in [2.24, 2.45) is 4.99 Å². The molecule has 0 amide bonds. The van der Waals surface area contributed by atoms with E-state index < -0.39 is 0 Å². The minimum Gasteiger partial charge on any atom is -0.475 e. The molecule has 1 aromatic heterocycles. The molecule has 16 heavy (non-hydrogen) atoms. The summed E-state index contributed by atoms with van der Waals surface area (Å²) >= 11 is 7.61. The second-order valence-electron chi connectivity index (χ2n) is 3.52. The van der Waals surface area contributed by atoms with Gasteiger partial charge in [0.1, 0.15) is 11.6 Å². The van der Waals surface area contributed by atoms with E-state index >= 15 is 0 Å². The number of thioether (sulfide) groups is 1. The number of rotatable bonds is 3. The van der Waals surface area contributed by atoms with Crippen LogP contribution in [0.4, 0.5) is 0 Å². The van der Waals surface area contributed by atoms with Gasteiger partial charge in [-0.15, -0.1) is 11.8 Å². The highest BCUT2D eigenvalue weighted by atomic mass is 35.5. The second-order valence-corrected chi connectivity index (χ2v) is 4.72. The molecule has 0 radical (unpaired) electrons. The van der Waals surface area contributed by atoms with E-state index in [1.54, 1.807) is 6.20 Å². The summed E-state index contributed by atoms with van der Waals surface area (Å²) < 4.78 is 5.52. The monoisotopic (exact) mass is 256 g/mol. The Bertz CT molecular complexity index is 422. The van der Waals surface area contributed by atoms with Crippen LogP contribution in [-0.4, -0.2) is 29.8 Å². The molecule has 3 nitrogen and oxygen atoms in total. The first-order valence-corrected chi connectivity index (χ1v) is 6.75. The minimum atomic E-state index is 0.272. The third-order valence-electron chi connectivity index (χ3n) is 2.43. The molecule has 86 valence electrons. The Kier molecular flexibility index (Phi) is 3.71. The lowest BCUT2D eigenvalue weighted by atomic mass is 10.2. The van der Waals surface area contributed by atoms with Crippen molar-refractivity contribution < 1.29 is 4.74 Å². The van der Waals surface area contributed by atoms with Gasteiger partial charge < -0.3 is 4.74 Å². The largest absolute Gasteiger partial charge is 0.475 e.